The van der Waals surface area contributed by atoms with E-state index < -0.39 is 21.1 Å². The summed E-state index contributed by atoms with van der Waals surface area (Å²) in [6, 6.07) is 3.88. The zero-order valence-corrected chi connectivity index (χ0v) is 11.0. The van der Waals surface area contributed by atoms with Crippen LogP contribution in [0.25, 0.3) is 0 Å². The summed E-state index contributed by atoms with van der Waals surface area (Å²) in [7, 11) is -4.39. The minimum absolute atomic E-state index is 0.0520. The summed E-state index contributed by atoms with van der Waals surface area (Å²) in [6.07, 6.45) is 1.09. The number of aromatic nitrogens is 2. The van der Waals surface area contributed by atoms with Gasteiger partial charge in [0.15, 0.2) is 5.69 Å². The van der Waals surface area contributed by atoms with E-state index in [0.717, 1.165) is 18.0 Å². The highest BCUT2D eigenvalue weighted by atomic mass is 32.2. The summed E-state index contributed by atoms with van der Waals surface area (Å²) in [4.78, 5) is 11.5. The van der Waals surface area contributed by atoms with Crippen molar-refractivity contribution in [1.29, 1.82) is 0 Å². The van der Waals surface area contributed by atoms with Crippen LogP contribution >= 0.6 is 0 Å². The summed E-state index contributed by atoms with van der Waals surface area (Å²) < 4.78 is 35.0. The van der Waals surface area contributed by atoms with Gasteiger partial charge in [-0.2, -0.15) is 18.6 Å². The molecule has 9 nitrogen and oxygen atoms in total. The first-order valence-electron chi connectivity index (χ1n) is 5.29. The van der Waals surface area contributed by atoms with Crippen molar-refractivity contribution < 1.29 is 22.2 Å². The molecule has 0 spiro atoms. The number of nitrogens with one attached hydrogen (secondary N) is 2. The van der Waals surface area contributed by atoms with Crippen LogP contribution in [0.2, 0.25) is 0 Å². The fourth-order valence-corrected chi connectivity index (χ4v) is 1.73. The summed E-state index contributed by atoms with van der Waals surface area (Å²) in [5, 5.41) is 9.30. The number of furan rings is 1. The highest BCUT2D eigenvalue weighted by Gasteiger charge is 2.14. The van der Waals surface area contributed by atoms with Gasteiger partial charge in [0, 0.05) is 5.69 Å². The van der Waals surface area contributed by atoms with Crippen LogP contribution in [-0.4, -0.2) is 35.3 Å². The molecule has 0 aromatic carbocycles. The SMILES string of the molecule is Cc1cc(C(=O)NN=Cc2ccc(S(=O)(=O)O)o2)n[nH]1. The van der Waals surface area contributed by atoms with Gasteiger partial charge in [0.1, 0.15) is 5.76 Å². The number of aromatic amines is 1. The molecule has 0 saturated carbocycles. The highest BCUT2D eigenvalue weighted by Crippen LogP contribution is 2.11. The van der Waals surface area contributed by atoms with Crippen LogP contribution in [0.4, 0.5) is 0 Å². The van der Waals surface area contributed by atoms with Crippen LogP contribution in [0.15, 0.2) is 32.8 Å². The number of hydrogen-bond donors (Lipinski definition) is 3. The van der Waals surface area contributed by atoms with Crippen LogP contribution in [-0.2, 0) is 10.1 Å². The van der Waals surface area contributed by atoms with Gasteiger partial charge in [0.05, 0.1) is 6.21 Å². The molecule has 0 aliphatic carbocycles. The molecule has 2 heterocycles. The third kappa shape index (κ3) is 3.30. The van der Waals surface area contributed by atoms with Gasteiger partial charge in [-0.25, -0.2) is 5.43 Å². The van der Waals surface area contributed by atoms with Crippen LogP contribution in [0, 0.1) is 6.92 Å². The lowest BCUT2D eigenvalue weighted by Gasteiger charge is -1.93. The van der Waals surface area contributed by atoms with Crippen molar-refractivity contribution >= 4 is 22.2 Å². The fourth-order valence-electron chi connectivity index (χ4n) is 1.29. The van der Waals surface area contributed by atoms with Gasteiger partial charge in [-0.1, -0.05) is 0 Å². The molecule has 2 rings (SSSR count). The second-order valence-electron chi connectivity index (χ2n) is 3.77. The topological polar surface area (TPSA) is 138 Å². The van der Waals surface area contributed by atoms with E-state index >= 15 is 0 Å². The van der Waals surface area contributed by atoms with E-state index in [1.54, 1.807) is 6.92 Å². The lowest BCUT2D eigenvalue weighted by Crippen LogP contribution is -2.17. The Hall–Kier alpha value is -2.46. The van der Waals surface area contributed by atoms with Gasteiger partial charge >= 0.3 is 10.1 Å². The molecule has 10 heteroatoms. The third-order valence-corrected chi connectivity index (χ3v) is 2.88. The zero-order chi connectivity index (χ0) is 14.8. The maximum absolute atomic E-state index is 11.5. The number of amides is 1. The smallest absolute Gasteiger partial charge is 0.328 e. The van der Waals surface area contributed by atoms with Crippen LogP contribution in [0.5, 0.6) is 0 Å². The highest BCUT2D eigenvalue weighted by molar-refractivity contribution is 7.85. The number of carbonyl (C=O) groups excluding carboxylic acids is 1. The molecule has 20 heavy (non-hydrogen) atoms. The number of aryl methyl sites for hydroxylation is 1. The van der Waals surface area contributed by atoms with Crippen molar-refractivity contribution in [3.05, 3.63) is 35.3 Å². The van der Waals surface area contributed by atoms with Crippen molar-refractivity contribution in [1.82, 2.24) is 15.6 Å². The van der Waals surface area contributed by atoms with E-state index in [2.05, 4.69) is 20.7 Å². The Morgan fingerprint density at radius 1 is 1.55 bits per heavy atom. The van der Waals surface area contributed by atoms with Crippen molar-refractivity contribution in [2.24, 2.45) is 5.10 Å². The first-order chi connectivity index (χ1) is 9.36. The average Bonchev–Trinajstić information content (AvgIpc) is 2.97. The predicted molar refractivity (Wildman–Crippen MR) is 66.9 cm³/mol. The van der Waals surface area contributed by atoms with Crippen LogP contribution in [0.1, 0.15) is 21.9 Å². The lowest BCUT2D eigenvalue weighted by molar-refractivity contribution is 0.0950. The Kier molecular flexibility index (Phi) is 3.68. The molecule has 2 aromatic rings. The molecule has 1 amide bonds. The maximum atomic E-state index is 11.5. The Bertz CT molecular complexity index is 758. The lowest BCUT2D eigenvalue weighted by atomic mass is 10.4. The molecule has 106 valence electrons. The molecule has 2 aromatic heterocycles. The van der Waals surface area contributed by atoms with E-state index in [1.807, 2.05) is 0 Å². The van der Waals surface area contributed by atoms with E-state index in [0.29, 0.717) is 0 Å². The molecule has 0 aliphatic rings. The Labute approximate surface area is 113 Å². The Morgan fingerprint density at radius 2 is 2.30 bits per heavy atom. The number of hydrazone groups is 1. The van der Waals surface area contributed by atoms with Gasteiger partial charge < -0.3 is 4.42 Å². The minimum atomic E-state index is -4.39. The van der Waals surface area contributed by atoms with Gasteiger partial charge in [0.25, 0.3) is 5.91 Å². The van der Waals surface area contributed by atoms with Crippen molar-refractivity contribution in [3.63, 3.8) is 0 Å². The molecular formula is C10H10N4O5S. The quantitative estimate of drug-likeness (QED) is 0.422. The first-order valence-corrected chi connectivity index (χ1v) is 6.73. The van der Waals surface area contributed by atoms with Gasteiger partial charge in [-0.3, -0.25) is 14.4 Å². The molecule has 0 saturated heterocycles. The van der Waals surface area contributed by atoms with E-state index in [9.17, 15) is 13.2 Å². The minimum Gasteiger partial charge on any atom is -0.441 e. The standard InChI is InChI=1S/C10H10N4O5S/c1-6-4-8(13-12-6)10(15)14-11-5-7-2-3-9(19-7)20(16,17)18/h2-5H,1H3,(H,12,13)(H,14,15)(H,16,17,18). The maximum Gasteiger partial charge on any atom is 0.328 e. The third-order valence-electron chi connectivity index (χ3n) is 2.15. The van der Waals surface area contributed by atoms with E-state index in [-0.39, 0.29) is 11.5 Å². The molecule has 0 radical (unpaired) electrons. The summed E-state index contributed by atoms with van der Waals surface area (Å²) in [6.45, 7) is 1.74. The van der Waals surface area contributed by atoms with Gasteiger partial charge in [-0.15, -0.1) is 0 Å². The number of carbonyl (C=O) groups is 1. The number of rotatable bonds is 4. The number of H-pyrrole nitrogens is 1. The molecule has 3 N–H and O–H groups in total. The average molecular weight is 298 g/mol. The molecular weight excluding hydrogens is 288 g/mol. The number of hydrogen-bond acceptors (Lipinski definition) is 6. The first kappa shape index (κ1) is 14.0. The van der Waals surface area contributed by atoms with Crippen molar-refractivity contribution in [2.75, 3.05) is 0 Å². The molecule has 0 atom stereocenters. The van der Waals surface area contributed by atoms with E-state index in [4.69, 9.17) is 8.97 Å². The second kappa shape index (κ2) is 5.27. The normalized spacial score (nSPS) is 11.9. The summed E-state index contributed by atoms with van der Waals surface area (Å²) in [5.41, 5.74) is 3.07. The summed E-state index contributed by atoms with van der Waals surface area (Å²) in [5.74, 6) is -0.483. The van der Waals surface area contributed by atoms with Gasteiger partial charge in [0.2, 0.25) is 5.09 Å². The summed E-state index contributed by atoms with van der Waals surface area (Å²) >= 11 is 0. The molecule has 0 aliphatic heterocycles. The van der Waals surface area contributed by atoms with Crippen molar-refractivity contribution in [3.8, 4) is 0 Å². The molecule has 0 unspecified atom stereocenters. The Balaban J connectivity index is 2.00. The Morgan fingerprint density at radius 3 is 2.85 bits per heavy atom. The monoisotopic (exact) mass is 298 g/mol. The molecule has 0 fully saturated rings. The largest absolute Gasteiger partial charge is 0.441 e. The zero-order valence-electron chi connectivity index (χ0n) is 10.2. The van der Waals surface area contributed by atoms with Crippen molar-refractivity contribution in [2.45, 2.75) is 12.0 Å². The van der Waals surface area contributed by atoms with Crippen LogP contribution < -0.4 is 5.43 Å². The predicted octanol–water partition coefficient (Wildman–Crippen LogP) is 0.322. The van der Waals surface area contributed by atoms with Gasteiger partial charge in [-0.05, 0) is 25.1 Å². The number of nitrogens with zero attached hydrogens (tertiary/aromatic N) is 2. The van der Waals surface area contributed by atoms with E-state index in [1.165, 1.54) is 12.1 Å². The molecule has 0 bridgehead atoms. The second-order valence-corrected chi connectivity index (χ2v) is 5.12. The van der Waals surface area contributed by atoms with Crippen LogP contribution in [0.3, 0.4) is 0 Å². The fraction of sp³-hybridized carbons (Fsp3) is 0.100.